The Bertz CT molecular complexity index is 349. The average molecular weight is 267 g/mol. The highest BCUT2D eigenvalue weighted by atomic mass is 16.2. The molecule has 0 aliphatic carbocycles. The molecular weight excluding hydrogens is 242 g/mol. The average Bonchev–Trinajstić information content (AvgIpc) is 2.59. The first kappa shape index (κ1) is 14.3. The van der Waals surface area contributed by atoms with Gasteiger partial charge in [0.05, 0.1) is 12.6 Å². The summed E-state index contributed by atoms with van der Waals surface area (Å²) < 4.78 is 0. The van der Waals surface area contributed by atoms with Gasteiger partial charge in [0.2, 0.25) is 11.8 Å². The van der Waals surface area contributed by atoms with Crippen LogP contribution in [0.15, 0.2) is 0 Å². The van der Waals surface area contributed by atoms with Gasteiger partial charge in [0, 0.05) is 25.2 Å². The van der Waals surface area contributed by atoms with Crippen LogP contribution in [0, 0.1) is 0 Å². The lowest BCUT2D eigenvalue weighted by Gasteiger charge is -2.34. The van der Waals surface area contributed by atoms with E-state index in [1.54, 1.807) is 4.90 Å². The molecular formula is C14H25N3O2. The fourth-order valence-electron chi connectivity index (χ4n) is 3.36. The standard InChI is InChI=1S/C14H25N3O2/c1-10-5-6-11(2)17(10)12(3)14(19)16-8-4-7-15-13(18)9-16/h10-12H,4-9H2,1-3H3,(H,15,18). The van der Waals surface area contributed by atoms with Gasteiger partial charge in [-0.3, -0.25) is 14.5 Å². The molecule has 0 aromatic carbocycles. The van der Waals surface area contributed by atoms with Gasteiger partial charge in [0.25, 0.3) is 0 Å². The van der Waals surface area contributed by atoms with Gasteiger partial charge in [-0.2, -0.15) is 0 Å². The van der Waals surface area contributed by atoms with E-state index in [1.807, 2.05) is 6.92 Å². The van der Waals surface area contributed by atoms with E-state index in [1.165, 1.54) is 0 Å². The summed E-state index contributed by atoms with van der Waals surface area (Å²) in [7, 11) is 0. The Morgan fingerprint density at radius 2 is 1.95 bits per heavy atom. The number of carbonyl (C=O) groups excluding carboxylic acids is 2. The van der Waals surface area contributed by atoms with Crippen molar-refractivity contribution in [3.8, 4) is 0 Å². The molecule has 0 radical (unpaired) electrons. The molecule has 2 fully saturated rings. The van der Waals surface area contributed by atoms with Crippen molar-refractivity contribution in [3.05, 3.63) is 0 Å². The number of hydrogen-bond donors (Lipinski definition) is 1. The number of nitrogens with zero attached hydrogens (tertiary/aromatic N) is 2. The fourth-order valence-corrected chi connectivity index (χ4v) is 3.36. The van der Waals surface area contributed by atoms with Gasteiger partial charge in [-0.1, -0.05) is 0 Å². The van der Waals surface area contributed by atoms with E-state index in [0.29, 0.717) is 25.2 Å². The summed E-state index contributed by atoms with van der Waals surface area (Å²) in [5, 5.41) is 2.81. The maximum Gasteiger partial charge on any atom is 0.240 e. The molecule has 2 amide bonds. The van der Waals surface area contributed by atoms with Crippen LogP contribution in [0.2, 0.25) is 0 Å². The number of amides is 2. The van der Waals surface area contributed by atoms with Crippen molar-refractivity contribution < 1.29 is 9.59 Å². The third-order valence-electron chi connectivity index (χ3n) is 4.40. The molecule has 3 unspecified atom stereocenters. The first-order valence-electron chi connectivity index (χ1n) is 7.33. The van der Waals surface area contributed by atoms with Crippen molar-refractivity contribution in [2.45, 2.75) is 58.2 Å². The zero-order valence-corrected chi connectivity index (χ0v) is 12.2. The molecule has 0 saturated carbocycles. The Hall–Kier alpha value is -1.10. The van der Waals surface area contributed by atoms with E-state index in [9.17, 15) is 9.59 Å². The van der Waals surface area contributed by atoms with Crippen LogP contribution < -0.4 is 5.32 Å². The van der Waals surface area contributed by atoms with Crippen LogP contribution in [0.25, 0.3) is 0 Å². The monoisotopic (exact) mass is 267 g/mol. The molecule has 5 heteroatoms. The molecule has 2 saturated heterocycles. The highest BCUT2D eigenvalue weighted by Gasteiger charge is 2.36. The van der Waals surface area contributed by atoms with Gasteiger partial charge in [-0.25, -0.2) is 0 Å². The van der Waals surface area contributed by atoms with Gasteiger partial charge in [0.15, 0.2) is 0 Å². The second-order valence-corrected chi connectivity index (χ2v) is 5.86. The van der Waals surface area contributed by atoms with Crippen molar-refractivity contribution in [1.29, 1.82) is 0 Å². The second-order valence-electron chi connectivity index (χ2n) is 5.86. The molecule has 0 aromatic heterocycles. The Balaban J connectivity index is 2.03. The van der Waals surface area contributed by atoms with Crippen LogP contribution >= 0.6 is 0 Å². The van der Waals surface area contributed by atoms with Gasteiger partial charge in [-0.15, -0.1) is 0 Å². The minimum atomic E-state index is -0.126. The molecule has 3 atom stereocenters. The van der Waals surface area contributed by atoms with Crippen LogP contribution in [-0.2, 0) is 9.59 Å². The minimum Gasteiger partial charge on any atom is -0.354 e. The van der Waals surface area contributed by atoms with Gasteiger partial charge < -0.3 is 10.2 Å². The highest BCUT2D eigenvalue weighted by molar-refractivity contribution is 5.87. The summed E-state index contributed by atoms with van der Waals surface area (Å²) in [5.41, 5.74) is 0. The fraction of sp³-hybridized carbons (Fsp3) is 0.857. The van der Waals surface area contributed by atoms with Crippen LogP contribution in [0.4, 0.5) is 0 Å². The maximum absolute atomic E-state index is 12.6. The van der Waals surface area contributed by atoms with Crippen molar-refractivity contribution in [2.24, 2.45) is 0 Å². The van der Waals surface area contributed by atoms with Crippen LogP contribution in [0.5, 0.6) is 0 Å². The molecule has 5 nitrogen and oxygen atoms in total. The number of nitrogens with one attached hydrogen (secondary N) is 1. The Morgan fingerprint density at radius 3 is 2.58 bits per heavy atom. The van der Waals surface area contributed by atoms with Crippen molar-refractivity contribution in [3.63, 3.8) is 0 Å². The maximum atomic E-state index is 12.6. The first-order valence-corrected chi connectivity index (χ1v) is 7.33. The number of rotatable bonds is 2. The zero-order chi connectivity index (χ0) is 14.0. The summed E-state index contributed by atoms with van der Waals surface area (Å²) in [5.74, 6) is 0.0539. The quantitative estimate of drug-likeness (QED) is 0.797. The van der Waals surface area contributed by atoms with Crippen LogP contribution in [0.3, 0.4) is 0 Å². The molecule has 2 rings (SSSR count). The highest BCUT2D eigenvalue weighted by Crippen LogP contribution is 2.26. The van der Waals surface area contributed by atoms with E-state index in [-0.39, 0.29) is 24.4 Å². The summed E-state index contributed by atoms with van der Waals surface area (Å²) in [4.78, 5) is 28.1. The molecule has 0 bridgehead atoms. The van der Waals surface area contributed by atoms with Gasteiger partial charge >= 0.3 is 0 Å². The minimum absolute atomic E-state index is 0.0411. The van der Waals surface area contributed by atoms with E-state index in [0.717, 1.165) is 19.3 Å². The molecule has 108 valence electrons. The summed E-state index contributed by atoms with van der Waals surface area (Å²) in [6, 6.07) is 0.780. The molecule has 1 N–H and O–H groups in total. The normalized spacial score (nSPS) is 30.9. The third kappa shape index (κ3) is 3.08. The summed E-state index contributed by atoms with van der Waals surface area (Å²) >= 11 is 0. The SMILES string of the molecule is CC1CCC(C)N1C(C)C(=O)N1CCCNC(=O)C1. The van der Waals surface area contributed by atoms with E-state index in [2.05, 4.69) is 24.1 Å². The van der Waals surface area contributed by atoms with Crippen molar-refractivity contribution in [1.82, 2.24) is 15.1 Å². The predicted octanol–water partition coefficient (Wildman–Crippen LogP) is 0.596. The number of likely N-dealkylation sites (tertiary alicyclic amines) is 1. The lowest BCUT2D eigenvalue weighted by atomic mass is 10.2. The smallest absolute Gasteiger partial charge is 0.240 e. The summed E-state index contributed by atoms with van der Waals surface area (Å²) in [6.45, 7) is 7.90. The van der Waals surface area contributed by atoms with Crippen LogP contribution in [-0.4, -0.2) is 59.4 Å². The largest absolute Gasteiger partial charge is 0.354 e. The van der Waals surface area contributed by atoms with E-state index >= 15 is 0 Å². The Kier molecular flexibility index (Phi) is 4.45. The molecule has 2 heterocycles. The number of carbonyl (C=O) groups is 2. The van der Waals surface area contributed by atoms with Gasteiger partial charge in [0.1, 0.15) is 0 Å². The topological polar surface area (TPSA) is 52.7 Å². The van der Waals surface area contributed by atoms with Gasteiger partial charge in [-0.05, 0) is 40.0 Å². The Morgan fingerprint density at radius 1 is 1.32 bits per heavy atom. The zero-order valence-electron chi connectivity index (χ0n) is 12.2. The predicted molar refractivity (Wildman–Crippen MR) is 73.7 cm³/mol. The van der Waals surface area contributed by atoms with E-state index < -0.39 is 0 Å². The molecule has 0 spiro atoms. The molecule has 0 aromatic rings. The molecule has 2 aliphatic heterocycles. The second kappa shape index (κ2) is 5.90. The molecule has 2 aliphatic rings. The Labute approximate surface area is 115 Å². The summed E-state index contributed by atoms with van der Waals surface area (Å²) in [6.07, 6.45) is 3.15. The molecule has 19 heavy (non-hydrogen) atoms. The van der Waals surface area contributed by atoms with E-state index in [4.69, 9.17) is 0 Å². The van der Waals surface area contributed by atoms with Crippen molar-refractivity contribution in [2.75, 3.05) is 19.6 Å². The lowest BCUT2D eigenvalue weighted by molar-refractivity contribution is -0.140. The van der Waals surface area contributed by atoms with Crippen LogP contribution in [0.1, 0.15) is 40.0 Å². The third-order valence-corrected chi connectivity index (χ3v) is 4.40. The van der Waals surface area contributed by atoms with Crippen molar-refractivity contribution >= 4 is 11.8 Å². The first-order chi connectivity index (χ1) is 9.00. The number of hydrogen-bond acceptors (Lipinski definition) is 3. The lowest BCUT2D eigenvalue weighted by Crippen LogP contribution is -2.51.